The van der Waals surface area contributed by atoms with Gasteiger partial charge < -0.3 is 11.1 Å². The van der Waals surface area contributed by atoms with E-state index in [1.54, 1.807) is 0 Å². The highest BCUT2D eigenvalue weighted by molar-refractivity contribution is 7.09. The van der Waals surface area contributed by atoms with E-state index in [1.165, 1.54) is 43.4 Å². The van der Waals surface area contributed by atoms with E-state index in [1.807, 2.05) is 5.38 Å². The molecule has 6 heteroatoms. The van der Waals surface area contributed by atoms with Gasteiger partial charge in [-0.05, 0) is 25.3 Å². The lowest BCUT2D eigenvalue weighted by Crippen LogP contribution is -2.40. The van der Waals surface area contributed by atoms with Gasteiger partial charge in [0.2, 0.25) is 0 Å². The SMILES string of the molecule is CC(NC(=O)c1csc(CCN)n1)C(C)C1CCCCC1.Cl. The van der Waals surface area contributed by atoms with E-state index in [4.69, 9.17) is 5.73 Å². The van der Waals surface area contributed by atoms with Crippen molar-refractivity contribution in [3.63, 3.8) is 0 Å². The predicted octanol–water partition coefficient (Wildman–Crippen LogP) is 3.40. The Bertz CT molecular complexity index is 460. The number of hydrogen-bond acceptors (Lipinski definition) is 4. The fourth-order valence-corrected chi connectivity index (χ4v) is 3.93. The molecule has 1 heterocycles. The van der Waals surface area contributed by atoms with Crippen LogP contribution in [0.1, 0.15) is 61.4 Å². The van der Waals surface area contributed by atoms with Crippen molar-refractivity contribution < 1.29 is 4.79 Å². The minimum absolute atomic E-state index is 0. The zero-order valence-electron chi connectivity index (χ0n) is 13.5. The average Bonchev–Trinajstić information content (AvgIpc) is 2.96. The van der Waals surface area contributed by atoms with E-state index in [9.17, 15) is 4.79 Å². The smallest absolute Gasteiger partial charge is 0.270 e. The van der Waals surface area contributed by atoms with Crippen LogP contribution in [-0.4, -0.2) is 23.5 Å². The minimum Gasteiger partial charge on any atom is -0.348 e. The van der Waals surface area contributed by atoms with Crippen molar-refractivity contribution in [3.8, 4) is 0 Å². The average molecular weight is 346 g/mol. The molecule has 0 saturated heterocycles. The third-order valence-electron chi connectivity index (χ3n) is 4.68. The van der Waals surface area contributed by atoms with Gasteiger partial charge in [0.05, 0.1) is 5.01 Å². The van der Waals surface area contributed by atoms with Gasteiger partial charge in [0.25, 0.3) is 5.91 Å². The van der Waals surface area contributed by atoms with Gasteiger partial charge in [0, 0.05) is 17.8 Å². The quantitative estimate of drug-likeness (QED) is 0.830. The van der Waals surface area contributed by atoms with Crippen LogP contribution in [0, 0.1) is 11.8 Å². The maximum absolute atomic E-state index is 12.3. The molecule has 0 radical (unpaired) electrons. The van der Waals surface area contributed by atoms with Crippen LogP contribution in [0.3, 0.4) is 0 Å². The molecule has 1 fully saturated rings. The van der Waals surface area contributed by atoms with Crippen LogP contribution in [-0.2, 0) is 6.42 Å². The molecule has 2 atom stereocenters. The first kappa shape index (κ1) is 19.4. The number of thiazole rings is 1. The van der Waals surface area contributed by atoms with Crippen LogP contribution in [0.5, 0.6) is 0 Å². The number of amides is 1. The van der Waals surface area contributed by atoms with Crippen LogP contribution < -0.4 is 11.1 Å². The lowest BCUT2D eigenvalue weighted by Gasteiger charge is -2.32. The molecule has 1 saturated carbocycles. The van der Waals surface area contributed by atoms with E-state index in [-0.39, 0.29) is 24.4 Å². The van der Waals surface area contributed by atoms with E-state index in [0.717, 1.165) is 17.3 Å². The number of halogens is 1. The van der Waals surface area contributed by atoms with E-state index >= 15 is 0 Å². The van der Waals surface area contributed by atoms with Gasteiger partial charge in [-0.25, -0.2) is 4.98 Å². The molecule has 1 amide bonds. The van der Waals surface area contributed by atoms with Gasteiger partial charge in [0.1, 0.15) is 5.69 Å². The Labute approximate surface area is 143 Å². The zero-order valence-corrected chi connectivity index (χ0v) is 15.1. The Morgan fingerprint density at radius 1 is 1.41 bits per heavy atom. The van der Waals surface area contributed by atoms with Crippen molar-refractivity contribution >= 4 is 29.7 Å². The van der Waals surface area contributed by atoms with Crippen molar-refractivity contribution in [3.05, 3.63) is 16.1 Å². The van der Waals surface area contributed by atoms with E-state index in [2.05, 4.69) is 24.1 Å². The summed E-state index contributed by atoms with van der Waals surface area (Å²) >= 11 is 1.51. The van der Waals surface area contributed by atoms with E-state index in [0.29, 0.717) is 18.2 Å². The molecular formula is C16H28ClN3OS. The normalized spacial score (nSPS) is 18.3. The maximum Gasteiger partial charge on any atom is 0.270 e. The zero-order chi connectivity index (χ0) is 15.2. The number of aromatic nitrogens is 1. The van der Waals surface area contributed by atoms with Crippen LogP contribution in [0.4, 0.5) is 0 Å². The summed E-state index contributed by atoms with van der Waals surface area (Å²) in [6.07, 6.45) is 7.39. The molecule has 22 heavy (non-hydrogen) atoms. The predicted molar refractivity (Wildman–Crippen MR) is 94.8 cm³/mol. The second-order valence-corrected chi connectivity index (χ2v) is 7.13. The maximum atomic E-state index is 12.3. The van der Waals surface area contributed by atoms with Gasteiger partial charge in [-0.15, -0.1) is 23.7 Å². The van der Waals surface area contributed by atoms with Gasteiger partial charge in [-0.1, -0.05) is 39.0 Å². The number of nitrogens with one attached hydrogen (secondary N) is 1. The second kappa shape index (κ2) is 9.48. The lowest BCUT2D eigenvalue weighted by molar-refractivity contribution is 0.0907. The number of carbonyl (C=O) groups is 1. The number of hydrogen-bond donors (Lipinski definition) is 2. The summed E-state index contributed by atoms with van der Waals surface area (Å²) in [5, 5.41) is 5.89. The van der Waals surface area contributed by atoms with Gasteiger partial charge in [-0.3, -0.25) is 4.79 Å². The fourth-order valence-electron chi connectivity index (χ4n) is 3.13. The Balaban J connectivity index is 0.00000242. The highest BCUT2D eigenvalue weighted by atomic mass is 35.5. The Hall–Kier alpha value is -0.650. The highest BCUT2D eigenvalue weighted by Crippen LogP contribution is 2.31. The molecule has 3 N–H and O–H groups in total. The van der Waals surface area contributed by atoms with Crippen molar-refractivity contribution in [2.75, 3.05) is 6.54 Å². The number of nitrogens with zero attached hydrogens (tertiary/aromatic N) is 1. The summed E-state index contributed by atoms with van der Waals surface area (Å²) in [6.45, 7) is 4.95. The molecule has 0 bridgehead atoms. The molecule has 2 rings (SSSR count). The molecular weight excluding hydrogens is 318 g/mol. The molecule has 0 aliphatic heterocycles. The fraction of sp³-hybridized carbons (Fsp3) is 0.750. The molecule has 1 aliphatic carbocycles. The first-order chi connectivity index (χ1) is 10.1. The monoisotopic (exact) mass is 345 g/mol. The number of rotatable bonds is 6. The van der Waals surface area contributed by atoms with Crippen LogP contribution in [0.2, 0.25) is 0 Å². The van der Waals surface area contributed by atoms with Crippen molar-refractivity contribution in [2.24, 2.45) is 17.6 Å². The van der Waals surface area contributed by atoms with E-state index < -0.39 is 0 Å². The molecule has 1 aromatic rings. The number of nitrogens with two attached hydrogens (primary N) is 1. The standard InChI is InChI=1S/C16H27N3OS.ClH/c1-11(13-6-4-3-5-7-13)12(2)18-16(20)14-10-21-15(19-14)8-9-17;/h10-13H,3-9,17H2,1-2H3,(H,18,20);1H. The summed E-state index contributed by atoms with van der Waals surface area (Å²) in [4.78, 5) is 16.6. The van der Waals surface area contributed by atoms with Crippen molar-refractivity contribution in [1.29, 1.82) is 0 Å². The van der Waals surface area contributed by atoms with Crippen LogP contribution in [0.15, 0.2) is 5.38 Å². The summed E-state index contributed by atoms with van der Waals surface area (Å²) in [7, 11) is 0. The largest absolute Gasteiger partial charge is 0.348 e. The lowest BCUT2D eigenvalue weighted by atomic mass is 9.78. The van der Waals surface area contributed by atoms with Crippen molar-refractivity contribution in [2.45, 2.75) is 58.4 Å². The molecule has 0 spiro atoms. The summed E-state index contributed by atoms with van der Waals surface area (Å²) in [5.74, 6) is 1.22. The van der Waals surface area contributed by atoms with Crippen LogP contribution >= 0.6 is 23.7 Å². The Kier molecular flexibility index (Phi) is 8.36. The van der Waals surface area contributed by atoms with Crippen LogP contribution in [0.25, 0.3) is 0 Å². The first-order valence-corrected chi connectivity index (χ1v) is 8.95. The summed E-state index contributed by atoms with van der Waals surface area (Å²) in [5.41, 5.74) is 6.05. The molecule has 1 aliphatic rings. The minimum atomic E-state index is -0.0512. The van der Waals surface area contributed by atoms with Gasteiger partial charge in [-0.2, -0.15) is 0 Å². The molecule has 2 unspecified atom stereocenters. The number of carbonyl (C=O) groups excluding carboxylic acids is 1. The second-order valence-electron chi connectivity index (χ2n) is 6.18. The first-order valence-electron chi connectivity index (χ1n) is 8.07. The molecule has 1 aromatic heterocycles. The third kappa shape index (κ3) is 5.21. The highest BCUT2D eigenvalue weighted by Gasteiger charge is 2.26. The molecule has 126 valence electrons. The Morgan fingerprint density at radius 2 is 2.09 bits per heavy atom. The summed E-state index contributed by atoms with van der Waals surface area (Å²) in [6, 6.07) is 0.195. The third-order valence-corrected chi connectivity index (χ3v) is 5.59. The summed E-state index contributed by atoms with van der Waals surface area (Å²) < 4.78 is 0. The molecule has 0 aromatic carbocycles. The Morgan fingerprint density at radius 3 is 2.73 bits per heavy atom. The topological polar surface area (TPSA) is 68.0 Å². The van der Waals surface area contributed by atoms with Gasteiger partial charge >= 0.3 is 0 Å². The van der Waals surface area contributed by atoms with Crippen molar-refractivity contribution in [1.82, 2.24) is 10.3 Å². The van der Waals surface area contributed by atoms with Gasteiger partial charge in [0.15, 0.2) is 0 Å². The molecule has 4 nitrogen and oxygen atoms in total.